The third kappa shape index (κ3) is 2.98. The second-order valence-electron chi connectivity index (χ2n) is 4.67. The molecule has 2 aromatic carbocycles. The Hall–Kier alpha value is -2.94. The quantitative estimate of drug-likeness (QED) is 0.583. The van der Waals surface area contributed by atoms with E-state index in [2.05, 4.69) is 4.98 Å². The molecule has 102 valence electrons. The summed E-state index contributed by atoms with van der Waals surface area (Å²) in [5.74, 6) is 0.0247. The van der Waals surface area contributed by atoms with Gasteiger partial charge in [-0.05, 0) is 48.6 Å². The first-order chi connectivity index (χ1) is 10.2. The van der Waals surface area contributed by atoms with Crippen molar-refractivity contribution in [2.45, 2.75) is 0 Å². The van der Waals surface area contributed by atoms with Crippen LogP contribution in [0, 0.1) is 0 Å². The molecule has 1 heterocycles. The number of pyridine rings is 1. The molecule has 21 heavy (non-hydrogen) atoms. The van der Waals surface area contributed by atoms with Crippen LogP contribution in [0.2, 0.25) is 0 Å². The molecule has 0 saturated carbocycles. The van der Waals surface area contributed by atoms with Crippen molar-refractivity contribution in [1.82, 2.24) is 4.98 Å². The van der Waals surface area contributed by atoms with Crippen molar-refractivity contribution in [3.05, 3.63) is 78.0 Å². The maximum Gasteiger partial charge on any atom is 0.185 e. The molecule has 0 amide bonds. The average Bonchev–Trinajstić information content (AvgIpc) is 2.53. The third-order valence-corrected chi connectivity index (χ3v) is 3.18. The van der Waals surface area contributed by atoms with Gasteiger partial charge in [0.25, 0.3) is 0 Å². The highest BCUT2D eigenvalue weighted by Crippen LogP contribution is 2.14. The van der Waals surface area contributed by atoms with Crippen LogP contribution in [0.5, 0.6) is 5.75 Å². The lowest BCUT2D eigenvalue weighted by Crippen LogP contribution is -1.93. The van der Waals surface area contributed by atoms with Gasteiger partial charge in [-0.3, -0.25) is 4.79 Å². The summed E-state index contributed by atoms with van der Waals surface area (Å²) in [6.45, 7) is 0. The van der Waals surface area contributed by atoms with E-state index in [0.717, 1.165) is 16.6 Å². The molecule has 0 aliphatic rings. The minimum Gasteiger partial charge on any atom is -0.508 e. The highest BCUT2D eigenvalue weighted by atomic mass is 16.3. The van der Waals surface area contributed by atoms with Gasteiger partial charge in [0.05, 0.1) is 11.2 Å². The normalized spacial score (nSPS) is 11.0. The molecule has 0 bridgehead atoms. The van der Waals surface area contributed by atoms with Crippen LogP contribution >= 0.6 is 0 Å². The number of aromatic hydroxyl groups is 1. The van der Waals surface area contributed by atoms with Crippen LogP contribution in [0.3, 0.4) is 0 Å². The van der Waals surface area contributed by atoms with Crippen LogP contribution in [0.1, 0.15) is 16.1 Å². The molecule has 1 N–H and O–H groups in total. The number of nitrogens with zero attached hydrogens (tertiary/aromatic N) is 1. The van der Waals surface area contributed by atoms with Crippen molar-refractivity contribution in [3.63, 3.8) is 0 Å². The summed E-state index contributed by atoms with van der Waals surface area (Å²) in [5.41, 5.74) is 2.17. The molecule has 0 atom stereocenters. The van der Waals surface area contributed by atoms with E-state index >= 15 is 0 Å². The summed E-state index contributed by atoms with van der Waals surface area (Å²) in [7, 11) is 0. The first-order valence-electron chi connectivity index (χ1n) is 6.60. The van der Waals surface area contributed by atoms with Gasteiger partial charge >= 0.3 is 0 Å². The molecule has 3 heteroatoms. The number of para-hydroxylation sites is 1. The summed E-state index contributed by atoms with van der Waals surface area (Å²) in [6, 6.07) is 17.9. The van der Waals surface area contributed by atoms with Gasteiger partial charge in [0.1, 0.15) is 5.75 Å². The lowest BCUT2D eigenvalue weighted by Gasteiger charge is -1.99. The maximum absolute atomic E-state index is 12.0. The fraction of sp³-hybridized carbons (Fsp3) is 0. The number of aromatic nitrogens is 1. The van der Waals surface area contributed by atoms with Gasteiger partial charge in [0, 0.05) is 10.9 Å². The third-order valence-electron chi connectivity index (χ3n) is 3.18. The molecule has 0 radical (unpaired) electrons. The SMILES string of the molecule is O=C(C=Cc1ccc2ccccc2n1)c1ccc(O)cc1. The number of hydrogen-bond acceptors (Lipinski definition) is 3. The molecular weight excluding hydrogens is 262 g/mol. The number of rotatable bonds is 3. The predicted molar refractivity (Wildman–Crippen MR) is 83.2 cm³/mol. The minimum atomic E-state index is -0.120. The molecule has 3 nitrogen and oxygen atoms in total. The van der Waals surface area contributed by atoms with E-state index in [0.29, 0.717) is 5.56 Å². The van der Waals surface area contributed by atoms with E-state index in [9.17, 15) is 9.90 Å². The molecule has 1 aromatic heterocycles. The first-order valence-corrected chi connectivity index (χ1v) is 6.60. The van der Waals surface area contributed by atoms with Crippen molar-refractivity contribution in [2.75, 3.05) is 0 Å². The first kappa shape index (κ1) is 13.1. The van der Waals surface area contributed by atoms with Crippen molar-refractivity contribution in [2.24, 2.45) is 0 Å². The smallest absolute Gasteiger partial charge is 0.185 e. The highest BCUT2D eigenvalue weighted by molar-refractivity contribution is 6.06. The molecular formula is C18H13NO2. The van der Waals surface area contributed by atoms with Gasteiger partial charge in [-0.2, -0.15) is 0 Å². The van der Waals surface area contributed by atoms with E-state index in [4.69, 9.17) is 0 Å². The van der Waals surface area contributed by atoms with Crippen LogP contribution in [-0.2, 0) is 0 Å². The van der Waals surface area contributed by atoms with Gasteiger partial charge in [-0.1, -0.05) is 24.3 Å². The van der Waals surface area contributed by atoms with Crippen LogP contribution in [0.25, 0.3) is 17.0 Å². The average molecular weight is 275 g/mol. The second-order valence-corrected chi connectivity index (χ2v) is 4.67. The van der Waals surface area contributed by atoms with Crippen LogP contribution in [0.4, 0.5) is 0 Å². The van der Waals surface area contributed by atoms with Gasteiger partial charge < -0.3 is 5.11 Å². The fourth-order valence-electron chi connectivity index (χ4n) is 2.06. The number of ketones is 1. The number of hydrogen-bond donors (Lipinski definition) is 1. The Morgan fingerprint density at radius 3 is 2.52 bits per heavy atom. The number of carbonyl (C=O) groups is 1. The zero-order valence-corrected chi connectivity index (χ0v) is 11.2. The van der Waals surface area contributed by atoms with Gasteiger partial charge in [-0.15, -0.1) is 0 Å². The topological polar surface area (TPSA) is 50.2 Å². The number of fused-ring (bicyclic) bond motifs is 1. The van der Waals surface area contributed by atoms with Crippen LogP contribution in [0.15, 0.2) is 66.7 Å². The molecule has 0 unspecified atom stereocenters. The Labute approximate surface area is 122 Å². The fourth-order valence-corrected chi connectivity index (χ4v) is 2.06. The zero-order valence-electron chi connectivity index (χ0n) is 11.2. The van der Waals surface area contributed by atoms with Crippen molar-refractivity contribution < 1.29 is 9.90 Å². The van der Waals surface area contributed by atoms with Gasteiger partial charge in [-0.25, -0.2) is 4.98 Å². The van der Waals surface area contributed by atoms with Gasteiger partial charge in [0.15, 0.2) is 5.78 Å². The number of carbonyl (C=O) groups excluding carboxylic acids is 1. The van der Waals surface area contributed by atoms with Crippen molar-refractivity contribution in [1.29, 1.82) is 0 Å². The van der Waals surface area contributed by atoms with Crippen LogP contribution < -0.4 is 0 Å². The maximum atomic E-state index is 12.0. The number of phenols is 1. The van der Waals surface area contributed by atoms with Crippen LogP contribution in [-0.4, -0.2) is 15.9 Å². The molecule has 0 aliphatic carbocycles. The largest absolute Gasteiger partial charge is 0.508 e. The van der Waals surface area contributed by atoms with E-state index in [1.807, 2.05) is 36.4 Å². The van der Waals surface area contributed by atoms with E-state index in [1.165, 1.54) is 18.2 Å². The summed E-state index contributed by atoms with van der Waals surface area (Å²) in [6.07, 6.45) is 3.19. The zero-order chi connectivity index (χ0) is 14.7. The Balaban J connectivity index is 1.83. The lowest BCUT2D eigenvalue weighted by atomic mass is 10.1. The number of benzene rings is 2. The molecule has 0 saturated heterocycles. The Kier molecular flexibility index (Phi) is 3.48. The summed E-state index contributed by atoms with van der Waals surface area (Å²) in [4.78, 5) is 16.5. The molecule has 0 aliphatic heterocycles. The standard InChI is InChI=1S/C18H13NO2/c20-16-10-6-14(7-11-16)18(21)12-9-15-8-5-13-3-1-2-4-17(13)19-15/h1-12,20H. The lowest BCUT2D eigenvalue weighted by molar-refractivity contribution is 0.104. The predicted octanol–water partition coefficient (Wildman–Crippen LogP) is 3.84. The summed E-state index contributed by atoms with van der Waals surface area (Å²) in [5, 5.41) is 10.3. The van der Waals surface area contributed by atoms with E-state index in [-0.39, 0.29) is 11.5 Å². The molecule has 3 aromatic rings. The molecule has 0 fully saturated rings. The summed E-state index contributed by atoms with van der Waals surface area (Å²) < 4.78 is 0. The molecule has 3 rings (SSSR count). The summed E-state index contributed by atoms with van der Waals surface area (Å²) >= 11 is 0. The van der Waals surface area contributed by atoms with E-state index < -0.39 is 0 Å². The number of allylic oxidation sites excluding steroid dienone is 1. The van der Waals surface area contributed by atoms with Crippen molar-refractivity contribution in [3.8, 4) is 5.75 Å². The highest BCUT2D eigenvalue weighted by Gasteiger charge is 2.01. The Morgan fingerprint density at radius 1 is 0.952 bits per heavy atom. The molecule has 0 spiro atoms. The minimum absolute atomic E-state index is 0.120. The van der Waals surface area contributed by atoms with E-state index in [1.54, 1.807) is 18.2 Å². The Morgan fingerprint density at radius 2 is 1.71 bits per heavy atom. The second kappa shape index (κ2) is 5.59. The monoisotopic (exact) mass is 275 g/mol. The van der Waals surface area contributed by atoms with Gasteiger partial charge in [0.2, 0.25) is 0 Å². The number of phenolic OH excluding ortho intramolecular Hbond substituents is 1. The Bertz CT molecular complexity index is 820. The van der Waals surface area contributed by atoms with Crippen molar-refractivity contribution >= 4 is 22.8 Å².